The van der Waals surface area contributed by atoms with Crippen molar-refractivity contribution in [2.24, 2.45) is 4.99 Å². The number of hydrogen-bond donors (Lipinski definition) is 0. The highest BCUT2D eigenvalue weighted by Gasteiger charge is 2.21. The average Bonchev–Trinajstić information content (AvgIpc) is 2.71. The van der Waals surface area contributed by atoms with Crippen LogP contribution in [-0.4, -0.2) is 22.9 Å². The third-order valence-corrected chi connectivity index (χ3v) is 4.05. The predicted molar refractivity (Wildman–Crippen MR) is 74.5 cm³/mol. The molecule has 17 heavy (non-hydrogen) atoms. The van der Waals surface area contributed by atoms with Crippen LogP contribution in [0, 0.1) is 0 Å². The minimum Gasteiger partial charge on any atom is -0.497 e. The minimum atomic E-state index is 0.00479. The maximum Gasteiger partial charge on any atom is 0.244 e. The molecule has 0 bridgehead atoms. The van der Waals surface area contributed by atoms with Gasteiger partial charge < -0.3 is 4.74 Å². The van der Waals surface area contributed by atoms with Gasteiger partial charge in [-0.25, -0.2) is 4.99 Å². The van der Waals surface area contributed by atoms with Crippen LogP contribution in [0.2, 0.25) is 0 Å². The number of methoxy groups -OCH3 is 1. The Balaban J connectivity index is 2.23. The van der Waals surface area contributed by atoms with E-state index in [1.54, 1.807) is 13.2 Å². The molecule has 0 radical (unpaired) electrons. The van der Waals surface area contributed by atoms with E-state index in [1.165, 1.54) is 23.5 Å². The highest BCUT2D eigenvalue weighted by Crippen LogP contribution is 2.29. The zero-order valence-electron chi connectivity index (χ0n) is 9.47. The first-order valence-electron chi connectivity index (χ1n) is 4.93. The lowest BCUT2D eigenvalue weighted by Gasteiger charge is -1.99. The van der Waals surface area contributed by atoms with Gasteiger partial charge in [0.2, 0.25) is 5.12 Å². The molecule has 1 aromatic carbocycles. The Kier molecular flexibility index (Phi) is 3.91. The summed E-state index contributed by atoms with van der Waals surface area (Å²) in [5.41, 5.74) is 1.45. The molecular formula is C12H11NO2S2. The normalized spacial score (nSPS) is 17.4. The smallest absolute Gasteiger partial charge is 0.244 e. The molecule has 0 aromatic heterocycles. The van der Waals surface area contributed by atoms with Gasteiger partial charge in [-0.3, -0.25) is 4.79 Å². The Hall–Kier alpha value is -1.20. The summed E-state index contributed by atoms with van der Waals surface area (Å²) in [6.07, 6.45) is 3.70. The monoisotopic (exact) mass is 265 g/mol. The molecule has 1 aromatic rings. The summed E-state index contributed by atoms with van der Waals surface area (Å²) in [6, 6.07) is 7.52. The first-order valence-corrected chi connectivity index (χ1v) is 6.97. The number of rotatable bonds is 2. The van der Waals surface area contributed by atoms with Gasteiger partial charge in [0.25, 0.3) is 0 Å². The lowest BCUT2D eigenvalue weighted by Crippen LogP contribution is -1.88. The average molecular weight is 265 g/mol. The molecule has 1 heterocycles. The largest absolute Gasteiger partial charge is 0.497 e. The molecular weight excluding hydrogens is 254 g/mol. The van der Waals surface area contributed by atoms with Crippen LogP contribution in [0.15, 0.2) is 35.0 Å². The van der Waals surface area contributed by atoms with Gasteiger partial charge in [-0.2, -0.15) is 0 Å². The summed E-state index contributed by atoms with van der Waals surface area (Å²) in [4.78, 5) is 15.9. The summed E-state index contributed by atoms with van der Waals surface area (Å²) >= 11 is 2.67. The number of carbonyl (C=O) groups excluding carboxylic acids is 1. The molecule has 5 heteroatoms. The van der Waals surface area contributed by atoms with E-state index in [4.69, 9.17) is 4.74 Å². The number of benzene rings is 1. The number of carbonyl (C=O) groups is 1. The van der Waals surface area contributed by atoms with E-state index in [9.17, 15) is 4.79 Å². The summed E-state index contributed by atoms with van der Waals surface area (Å²) in [7, 11) is 1.62. The van der Waals surface area contributed by atoms with Crippen molar-refractivity contribution in [1.29, 1.82) is 0 Å². The molecule has 0 amide bonds. The summed E-state index contributed by atoms with van der Waals surface area (Å²) < 4.78 is 5.87. The molecule has 0 unspecified atom stereocenters. The van der Waals surface area contributed by atoms with Crippen molar-refractivity contribution in [3.8, 4) is 5.75 Å². The maximum atomic E-state index is 11.6. The molecule has 2 rings (SSSR count). The van der Waals surface area contributed by atoms with Crippen LogP contribution in [0.1, 0.15) is 5.56 Å². The van der Waals surface area contributed by atoms with E-state index in [2.05, 4.69) is 4.99 Å². The third kappa shape index (κ3) is 2.92. The molecule has 1 aliphatic heterocycles. The van der Waals surface area contributed by atoms with Gasteiger partial charge in [-0.15, -0.1) is 11.8 Å². The van der Waals surface area contributed by atoms with E-state index in [0.29, 0.717) is 5.70 Å². The number of ether oxygens (including phenoxy) is 1. The van der Waals surface area contributed by atoms with Crippen LogP contribution < -0.4 is 4.74 Å². The van der Waals surface area contributed by atoms with Crippen LogP contribution in [0.25, 0.3) is 6.08 Å². The van der Waals surface area contributed by atoms with Gasteiger partial charge in [-0.05, 0) is 41.8 Å². The minimum absolute atomic E-state index is 0.00479. The van der Waals surface area contributed by atoms with Gasteiger partial charge in [0.15, 0.2) is 0 Å². The molecule has 0 spiro atoms. The van der Waals surface area contributed by atoms with Gasteiger partial charge in [-0.1, -0.05) is 12.1 Å². The Labute approximate surface area is 108 Å². The van der Waals surface area contributed by atoms with E-state index in [-0.39, 0.29) is 5.12 Å². The van der Waals surface area contributed by atoms with Crippen molar-refractivity contribution in [2.45, 2.75) is 0 Å². The zero-order valence-corrected chi connectivity index (χ0v) is 11.1. The van der Waals surface area contributed by atoms with E-state index < -0.39 is 0 Å². The lowest BCUT2D eigenvalue weighted by atomic mass is 10.2. The van der Waals surface area contributed by atoms with Crippen molar-refractivity contribution in [2.75, 3.05) is 13.4 Å². The zero-order chi connectivity index (χ0) is 12.3. The fraction of sp³-hybridized carbons (Fsp3) is 0.167. The quantitative estimate of drug-likeness (QED) is 0.770. The fourth-order valence-electron chi connectivity index (χ4n) is 1.33. The molecule has 0 atom stereocenters. The maximum absolute atomic E-state index is 11.6. The number of nitrogens with zero attached hydrogens (tertiary/aromatic N) is 1. The summed E-state index contributed by atoms with van der Waals surface area (Å²) in [5.74, 6) is 0.799. The van der Waals surface area contributed by atoms with Crippen molar-refractivity contribution in [1.82, 2.24) is 0 Å². The Morgan fingerprint density at radius 3 is 2.59 bits per heavy atom. The molecule has 0 N–H and O–H groups in total. The second-order valence-corrected chi connectivity index (χ2v) is 5.29. The lowest BCUT2D eigenvalue weighted by molar-refractivity contribution is -0.107. The molecule has 1 aliphatic rings. The molecule has 0 fully saturated rings. The fourth-order valence-corrected chi connectivity index (χ4v) is 2.60. The van der Waals surface area contributed by atoms with Crippen molar-refractivity contribution in [3.63, 3.8) is 0 Å². The third-order valence-electron chi connectivity index (χ3n) is 2.19. The van der Waals surface area contributed by atoms with Crippen molar-refractivity contribution < 1.29 is 9.53 Å². The summed E-state index contributed by atoms with van der Waals surface area (Å²) in [6.45, 7) is 0. The van der Waals surface area contributed by atoms with Crippen molar-refractivity contribution >= 4 is 39.1 Å². The second-order valence-electron chi connectivity index (χ2n) is 3.27. The molecule has 0 saturated carbocycles. The highest BCUT2D eigenvalue weighted by molar-refractivity contribution is 8.45. The van der Waals surface area contributed by atoms with Crippen LogP contribution in [0.4, 0.5) is 0 Å². The van der Waals surface area contributed by atoms with E-state index in [1.807, 2.05) is 30.5 Å². The predicted octanol–water partition coefficient (Wildman–Crippen LogP) is 3.03. The highest BCUT2D eigenvalue weighted by atomic mass is 32.2. The van der Waals surface area contributed by atoms with E-state index in [0.717, 1.165) is 15.7 Å². The van der Waals surface area contributed by atoms with Crippen LogP contribution in [0.5, 0.6) is 5.75 Å². The Bertz CT molecular complexity index is 492. The van der Waals surface area contributed by atoms with E-state index >= 15 is 0 Å². The van der Waals surface area contributed by atoms with Gasteiger partial charge in [0, 0.05) is 0 Å². The number of aliphatic imine (C=N–C) groups is 1. The van der Waals surface area contributed by atoms with Crippen LogP contribution >= 0.6 is 23.5 Å². The van der Waals surface area contributed by atoms with Crippen molar-refractivity contribution in [3.05, 3.63) is 35.5 Å². The first-order chi connectivity index (χ1) is 8.22. The number of hydrogen-bond acceptors (Lipinski definition) is 5. The molecule has 0 aliphatic carbocycles. The standard InChI is InChI=1S/C12H11NO2S2/c1-15-9-5-3-8(4-6-9)7-10-11(14)17-12(13-10)16-2/h3-7H,1-2H3/b10-7+. The topological polar surface area (TPSA) is 38.7 Å². The molecule has 0 saturated heterocycles. The van der Waals surface area contributed by atoms with Crippen LogP contribution in [-0.2, 0) is 4.79 Å². The second kappa shape index (κ2) is 5.42. The SMILES string of the molecule is COc1ccc(/C=C2/N=C(SC)SC2=O)cc1. The Morgan fingerprint density at radius 1 is 1.35 bits per heavy atom. The Morgan fingerprint density at radius 2 is 2.06 bits per heavy atom. The van der Waals surface area contributed by atoms with Gasteiger partial charge >= 0.3 is 0 Å². The molecule has 88 valence electrons. The van der Waals surface area contributed by atoms with Gasteiger partial charge in [0.05, 0.1) is 7.11 Å². The number of thioether (sulfide) groups is 2. The van der Waals surface area contributed by atoms with Gasteiger partial charge in [0.1, 0.15) is 15.8 Å². The summed E-state index contributed by atoms with van der Waals surface area (Å²) in [5, 5.41) is 0.00479. The first kappa shape index (κ1) is 12.3. The molecule has 3 nitrogen and oxygen atoms in total. The van der Waals surface area contributed by atoms with Crippen LogP contribution in [0.3, 0.4) is 0 Å².